The molecule has 1 aromatic carbocycles. The van der Waals surface area contributed by atoms with E-state index >= 15 is 0 Å². The second-order valence-electron chi connectivity index (χ2n) is 4.61. The van der Waals surface area contributed by atoms with Crippen molar-refractivity contribution in [1.29, 1.82) is 0 Å². The monoisotopic (exact) mass is 271 g/mol. The van der Waals surface area contributed by atoms with E-state index in [9.17, 15) is 9.90 Å². The fraction of sp³-hybridized carbons (Fsp3) is 0.200. The van der Waals surface area contributed by atoms with Crippen molar-refractivity contribution in [2.75, 3.05) is 19.4 Å². The smallest absolute Gasteiger partial charge is 0.254 e. The number of pyridine rings is 1. The van der Waals surface area contributed by atoms with Gasteiger partial charge in [0, 0.05) is 32.4 Å². The van der Waals surface area contributed by atoms with Crippen molar-refractivity contribution >= 4 is 11.7 Å². The van der Waals surface area contributed by atoms with Crippen molar-refractivity contribution in [3.8, 4) is 5.75 Å². The summed E-state index contributed by atoms with van der Waals surface area (Å²) in [6, 6.07) is 10.6. The zero-order valence-electron chi connectivity index (χ0n) is 11.5. The molecule has 0 aliphatic heterocycles. The van der Waals surface area contributed by atoms with Crippen LogP contribution in [0.2, 0.25) is 0 Å². The number of aromatic hydroxyl groups is 1. The third-order valence-corrected chi connectivity index (χ3v) is 2.87. The molecule has 0 aliphatic rings. The van der Waals surface area contributed by atoms with Gasteiger partial charge in [0.2, 0.25) is 0 Å². The molecular formula is C15H17N3O2. The van der Waals surface area contributed by atoms with Gasteiger partial charge in [-0.05, 0) is 18.2 Å². The van der Waals surface area contributed by atoms with Crippen molar-refractivity contribution < 1.29 is 9.90 Å². The molecule has 0 atom stereocenters. The zero-order valence-corrected chi connectivity index (χ0v) is 11.5. The van der Waals surface area contributed by atoms with Crippen LogP contribution in [0, 0.1) is 0 Å². The Morgan fingerprint density at radius 1 is 1.25 bits per heavy atom. The fourth-order valence-corrected chi connectivity index (χ4v) is 1.73. The van der Waals surface area contributed by atoms with E-state index in [1.807, 2.05) is 12.1 Å². The second kappa shape index (κ2) is 6.06. The van der Waals surface area contributed by atoms with Crippen LogP contribution in [0.15, 0.2) is 42.6 Å². The molecule has 2 rings (SSSR count). The van der Waals surface area contributed by atoms with Crippen molar-refractivity contribution in [2.45, 2.75) is 6.54 Å². The molecule has 0 saturated carbocycles. The molecular weight excluding hydrogens is 254 g/mol. The third kappa shape index (κ3) is 3.26. The number of carbonyl (C=O) groups is 1. The number of phenolic OH excluding ortho intramolecular Hbond substituents is 1. The van der Waals surface area contributed by atoms with Gasteiger partial charge >= 0.3 is 0 Å². The first-order valence-corrected chi connectivity index (χ1v) is 6.26. The summed E-state index contributed by atoms with van der Waals surface area (Å²) in [6.07, 6.45) is 1.54. The minimum absolute atomic E-state index is 0.0789. The Bertz CT molecular complexity index is 594. The first kappa shape index (κ1) is 13.9. The van der Waals surface area contributed by atoms with E-state index in [1.54, 1.807) is 38.4 Å². The van der Waals surface area contributed by atoms with E-state index in [2.05, 4.69) is 10.3 Å². The lowest BCUT2D eigenvalue weighted by Gasteiger charge is -2.11. The van der Waals surface area contributed by atoms with Gasteiger partial charge in [0.1, 0.15) is 11.6 Å². The van der Waals surface area contributed by atoms with Gasteiger partial charge in [-0.2, -0.15) is 0 Å². The Balaban J connectivity index is 2.01. The summed E-state index contributed by atoms with van der Waals surface area (Å²) >= 11 is 0. The number of hydrogen-bond acceptors (Lipinski definition) is 4. The van der Waals surface area contributed by atoms with Crippen LogP contribution in [-0.2, 0) is 6.54 Å². The highest BCUT2D eigenvalue weighted by Gasteiger charge is 2.08. The van der Waals surface area contributed by atoms with Crippen LogP contribution in [-0.4, -0.2) is 35.0 Å². The fourth-order valence-electron chi connectivity index (χ4n) is 1.73. The van der Waals surface area contributed by atoms with Crippen LogP contribution in [0.5, 0.6) is 5.75 Å². The van der Waals surface area contributed by atoms with Gasteiger partial charge in [-0.3, -0.25) is 4.79 Å². The lowest BCUT2D eigenvalue weighted by Crippen LogP contribution is -2.21. The highest BCUT2D eigenvalue weighted by Crippen LogP contribution is 2.17. The normalized spacial score (nSPS) is 10.1. The molecule has 2 aromatic rings. The lowest BCUT2D eigenvalue weighted by molar-refractivity contribution is 0.0827. The van der Waals surface area contributed by atoms with Crippen molar-refractivity contribution in [3.63, 3.8) is 0 Å². The standard InChI is InChI=1S/C15H17N3O2/c1-18(2)15(20)12-7-8-14(17-10-12)16-9-11-5-3-4-6-13(11)19/h3-8,10,19H,9H2,1-2H3,(H,16,17). The van der Waals surface area contributed by atoms with E-state index in [0.717, 1.165) is 5.56 Å². The van der Waals surface area contributed by atoms with E-state index < -0.39 is 0 Å². The minimum Gasteiger partial charge on any atom is -0.508 e. The molecule has 20 heavy (non-hydrogen) atoms. The first-order valence-electron chi connectivity index (χ1n) is 6.26. The average molecular weight is 271 g/mol. The number of nitrogens with zero attached hydrogens (tertiary/aromatic N) is 2. The van der Waals surface area contributed by atoms with E-state index in [4.69, 9.17) is 0 Å². The number of carbonyl (C=O) groups excluding carboxylic acids is 1. The lowest BCUT2D eigenvalue weighted by atomic mass is 10.2. The van der Waals surface area contributed by atoms with Crippen molar-refractivity contribution in [1.82, 2.24) is 9.88 Å². The maximum Gasteiger partial charge on any atom is 0.254 e. The Labute approximate surface area is 117 Å². The summed E-state index contributed by atoms with van der Waals surface area (Å²) in [7, 11) is 3.40. The molecule has 0 unspecified atom stereocenters. The van der Waals surface area contributed by atoms with Gasteiger partial charge in [0.05, 0.1) is 5.56 Å². The number of anilines is 1. The second-order valence-corrected chi connectivity index (χ2v) is 4.61. The third-order valence-electron chi connectivity index (χ3n) is 2.87. The predicted octanol–water partition coefficient (Wildman–Crippen LogP) is 2.10. The maximum absolute atomic E-state index is 11.7. The highest BCUT2D eigenvalue weighted by atomic mass is 16.3. The van der Waals surface area contributed by atoms with E-state index in [-0.39, 0.29) is 11.7 Å². The number of benzene rings is 1. The predicted molar refractivity (Wildman–Crippen MR) is 77.7 cm³/mol. The summed E-state index contributed by atoms with van der Waals surface area (Å²) in [4.78, 5) is 17.4. The molecule has 0 bridgehead atoms. The summed E-state index contributed by atoms with van der Waals surface area (Å²) in [5.74, 6) is 0.827. The average Bonchev–Trinajstić information content (AvgIpc) is 2.46. The SMILES string of the molecule is CN(C)C(=O)c1ccc(NCc2ccccc2O)nc1. The molecule has 104 valence electrons. The topological polar surface area (TPSA) is 65.5 Å². The molecule has 0 aliphatic carbocycles. The van der Waals surface area contributed by atoms with E-state index in [0.29, 0.717) is 17.9 Å². The summed E-state index contributed by atoms with van der Waals surface area (Å²) in [6.45, 7) is 0.473. The summed E-state index contributed by atoms with van der Waals surface area (Å²) in [5, 5.41) is 12.8. The van der Waals surface area contributed by atoms with E-state index in [1.165, 1.54) is 11.1 Å². The molecule has 0 saturated heterocycles. The molecule has 1 heterocycles. The Hall–Kier alpha value is -2.56. The summed E-state index contributed by atoms with van der Waals surface area (Å²) in [5.41, 5.74) is 1.34. The van der Waals surface area contributed by atoms with Gasteiger partial charge < -0.3 is 15.3 Å². The Morgan fingerprint density at radius 2 is 2.00 bits per heavy atom. The molecule has 1 aromatic heterocycles. The van der Waals surface area contributed by atoms with Gasteiger partial charge in [-0.1, -0.05) is 18.2 Å². The highest BCUT2D eigenvalue weighted by molar-refractivity contribution is 5.93. The van der Waals surface area contributed by atoms with Gasteiger partial charge in [-0.15, -0.1) is 0 Å². The van der Waals surface area contributed by atoms with Crippen LogP contribution in [0.25, 0.3) is 0 Å². The maximum atomic E-state index is 11.7. The molecule has 1 amide bonds. The van der Waals surface area contributed by atoms with Crippen LogP contribution in [0.4, 0.5) is 5.82 Å². The number of phenols is 1. The summed E-state index contributed by atoms with van der Waals surface area (Å²) < 4.78 is 0. The number of para-hydroxylation sites is 1. The minimum atomic E-state index is -0.0789. The largest absolute Gasteiger partial charge is 0.508 e. The van der Waals surface area contributed by atoms with Crippen LogP contribution < -0.4 is 5.32 Å². The number of nitrogens with one attached hydrogen (secondary N) is 1. The van der Waals surface area contributed by atoms with Crippen molar-refractivity contribution in [2.24, 2.45) is 0 Å². The van der Waals surface area contributed by atoms with Crippen LogP contribution in [0.1, 0.15) is 15.9 Å². The number of aromatic nitrogens is 1. The molecule has 5 heteroatoms. The zero-order chi connectivity index (χ0) is 14.5. The van der Waals surface area contributed by atoms with Gasteiger partial charge in [-0.25, -0.2) is 4.98 Å². The number of amides is 1. The van der Waals surface area contributed by atoms with Gasteiger partial charge in [0.15, 0.2) is 0 Å². The quantitative estimate of drug-likeness (QED) is 0.893. The van der Waals surface area contributed by atoms with Crippen LogP contribution in [0.3, 0.4) is 0 Å². The first-order chi connectivity index (χ1) is 9.58. The number of hydrogen-bond donors (Lipinski definition) is 2. The Morgan fingerprint density at radius 3 is 2.60 bits per heavy atom. The van der Waals surface area contributed by atoms with Crippen LogP contribution >= 0.6 is 0 Å². The molecule has 0 fully saturated rings. The Kier molecular flexibility index (Phi) is 4.20. The molecule has 0 radical (unpaired) electrons. The molecule has 5 nitrogen and oxygen atoms in total. The van der Waals surface area contributed by atoms with Gasteiger partial charge in [0.25, 0.3) is 5.91 Å². The van der Waals surface area contributed by atoms with Crippen molar-refractivity contribution in [3.05, 3.63) is 53.7 Å². The molecule has 0 spiro atoms. The molecule has 2 N–H and O–H groups in total. The number of rotatable bonds is 4.